The van der Waals surface area contributed by atoms with E-state index in [-0.39, 0.29) is 6.54 Å². The van der Waals surface area contributed by atoms with Gasteiger partial charge in [-0.3, -0.25) is 9.69 Å². The Hall–Kier alpha value is -1.09. The summed E-state index contributed by atoms with van der Waals surface area (Å²) in [6.07, 6.45) is 47.9. The van der Waals surface area contributed by atoms with Gasteiger partial charge in [-0.25, -0.2) is 0 Å². The van der Waals surface area contributed by atoms with Crippen LogP contribution in [0.5, 0.6) is 0 Å². The predicted molar refractivity (Wildman–Crippen MR) is 188 cm³/mol. The molecular weight excluding hydrogens is 514 g/mol. The molecule has 0 heterocycles. The number of carboxylic acids is 1. The normalized spacial score (nSPS) is 12.0. The fourth-order valence-corrected chi connectivity index (χ4v) is 5.80. The molecule has 0 rings (SSSR count). The molecule has 1 N–H and O–H groups in total. The lowest BCUT2D eigenvalue weighted by Crippen LogP contribution is -2.31. The van der Waals surface area contributed by atoms with E-state index in [1.165, 1.54) is 173 Å². The lowest BCUT2D eigenvalue weighted by molar-refractivity contribution is -0.138. The minimum Gasteiger partial charge on any atom is -0.480 e. The smallest absolute Gasteiger partial charge is 0.317 e. The van der Waals surface area contributed by atoms with Gasteiger partial charge < -0.3 is 5.11 Å². The second-order valence-corrected chi connectivity index (χ2v) is 12.9. The molecule has 0 aromatic carbocycles. The van der Waals surface area contributed by atoms with Gasteiger partial charge in [-0.2, -0.15) is 0 Å². The van der Waals surface area contributed by atoms with Gasteiger partial charge in [-0.15, -0.1) is 0 Å². The van der Waals surface area contributed by atoms with Gasteiger partial charge in [0, 0.05) is 0 Å². The molecule has 3 heteroatoms. The van der Waals surface area contributed by atoms with Gasteiger partial charge in [0.25, 0.3) is 0 Å². The van der Waals surface area contributed by atoms with Crippen LogP contribution in [0.1, 0.15) is 200 Å². The maximum absolute atomic E-state index is 11.3. The van der Waals surface area contributed by atoms with Crippen LogP contribution in [0.15, 0.2) is 24.3 Å². The van der Waals surface area contributed by atoms with Crippen LogP contribution < -0.4 is 0 Å². The van der Waals surface area contributed by atoms with Gasteiger partial charge in [0.05, 0.1) is 6.54 Å². The minimum absolute atomic E-state index is 0.206. The molecule has 0 aromatic heterocycles. The summed E-state index contributed by atoms with van der Waals surface area (Å²) in [6.45, 7) is 6.65. The number of unbranched alkanes of at least 4 members (excludes halogenated alkanes) is 25. The van der Waals surface area contributed by atoms with Crippen molar-refractivity contribution in [2.75, 3.05) is 19.6 Å². The van der Waals surface area contributed by atoms with Crippen LogP contribution in [0, 0.1) is 0 Å². The molecule has 0 spiro atoms. The van der Waals surface area contributed by atoms with Crippen LogP contribution in [0.25, 0.3) is 0 Å². The van der Waals surface area contributed by atoms with Crippen LogP contribution in [0.4, 0.5) is 0 Å². The number of carbonyl (C=O) groups is 1. The van der Waals surface area contributed by atoms with Gasteiger partial charge in [-0.1, -0.05) is 160 Å². The number of allylic oxidation sites excluding steroid dienone is 4. The molecule has 0 amide bonds. The summed E-state index contributed by atoms with van der Waals surface area (Å²) < 4.78 is 0. The van der Waals surface area contributed by atoms with E-state index in [9.17, 15) is 9.90 Å². The lowest BCUT2D eigenvalue weighted by atomic mass is 10.1. The Bertz CT molecular complexity index is 585. The number of carboxylic acid groups (broad SMARTS) is 1. The van der Waals surface area contributed by atoms with Crippen molar-refractivity contribution in [3.8, 4) is 0 Å². The average molecular weight is 590 g/mol. The molecule has 0 saturated heterocycles. The fourth-order valence-electron chi connectivity index (χ4n) is 5.80. The first-order valence-corrected chi connectivity index (χ1v) is 18.9. The largest absolute Gasteiger partial charge is 0.480 e. The summed E-state index contributed by atoms with van der Waals surface area (Å²) in [5.41, 5.74) is 0. The molecule has 0 radical (unpaired) electrons. The van der Waals surface area contributed by atoms with Crippen molar-refractivity contribution in [2.24, 2.45) is 0 Å². The van der Waals surface area contributed by atoms with Crippen molar-refractivity contribution in [1.29, 1.82) is 0 Å². The van der Waals surface area contributed by atoms with E-state index in [1.54, 1.807) is 0 Å². The monoisotopic (exact) mass is 590 g/mol. The SMILES string of the molecule is CCCCCCCC/C=C\CCCCCCCCCN(CCCCCCCC/C=C\CCCCCCCC)CC(=O)O. The van der Waals surface area contributed by atoms with Crippen molar-refractivity contribution in [3.63, 3.8) is 0 Å². The fraction of sp³-hybridized carbons (Fsp3) is 0.872. The van der Waals surface area contributed by atoms with E-state index in [0.717, 1.165) is 25.9 Å². The lowest BCUT2D eigenvalue weighted by Gasteiger charge is -2.20. The molecule has 0 aromatic rings. The first-order chi connectivity index (χ1) is 20.7. The highest BCUT2D eigenvalue weighted by Gasteiger charge is 2.09. The van der Waals surface area contributed by atoms with E-state index in [2.05, 4.69) is 43.1 Å². The number of aliphatic carboxylic acids is 1. The van der Waals surface area contributed by atoms with Gasteiger partial charge >= 0.3 is 5.97 Å². The Morgan fingerprint density at radius 1 is 0.429 bits per heavy atom. The molecular formula is C39H75NO2. The molecule has 0 aliphatic carbocycles. The van der Waals surface area contributed by atoms with E-state index in [1.807, 2.05) is 0 Å². The average Bonchev–Trinajstić information content (AvgIpc) is 2.98. The predicted octanol–water partition coefficient (Wildman–Crippen LogP) is 12.8. The molecule has 0 aliphatic rings. The first kappa shape index (κ1) is 40.9. The molecule has 3 nitrogen and oxygen atoms in total. The van der Waals surface area contributed by atoms with Gasteiger partial charge in [0.2, 0.25) is 0 Å². The maximum atomic E-state index is 11.3. The Morgan fingerprint density at radius 3 is 0.976 bits per heavy atom. The van der Waals surface area contributed by atoms with Crippen molar-refractivity contribution >= 4 is 5.97 Å². The third-order valence-electron chi connectivity index (χ3n) is 8.58. The summed E-state index contributed by atoms with van der Waals surface area (Å²) >= 11 is 0. The highest BCUT2D eigenvalue weighted by Crippen LogP contribution is 2.13. The molecule has 248 valence electrons. The summed E-state index contributed by atoms with van der Waals surface area (Å²) in [7, 11) is 0. The first-order valence-electron chi connectivity index (χ1n) is 18.9. The number of nitrogens with zero attached hydrogens (tertiary/aromatic N) is 1. The zero-order valence-corrected chi connectivity index (χ0v) is 28.7. The molecule has 0 aliphatic heterocycles. The minimum atomic E-state index is -0.680. The van der Waals surface area contributed by atoms with Crippen molar-refractivity contribution in [2.45, 2.75) is 200 Å². The van der Waals surface area contributed by atoms with Crippen LogP contribution in [-0.2, 0) is 4.79 Å². The number of hydrogen-bond acceptors (Lipinski definition) is 2. The summed E-state index contributed by atoms with van der Waals surface area (Å²) in [6, 6.07) is 0. The molecule has 0 saturated carbocycles. The molecule has 0 atom stereocenters. The van der Waals surface area contributed by atoms with E-state index in [0.29, 0.717) is 0 Å². The quantitative estimate of drug-likeness (QED) is 0.0590. The Balaban J connectivity index is 3.55. The second kappa shape index (κ2) is 36.1. The van der Waals surface area contributed by atoms with Gasteiger partial charge in [0.1, 0.15) is 0 Å². The summed E-state index contributed by atoms with van der Waals surface area (Å²) in [5.74, 6) is -0.680. The maximum Gasteiger partial charge on any atom is 0.317 e. The summed E-state index contributed by atoms with van der Waals surface area (Å²) in [5, 5.41) is 9.31. The van der Waals surface area contributed by atoms with Crippen LogP contribution in [-0.4, -0.2) is 35.6 Å². The zero-order chi connectivity index (χ0) is 30.6. The Morgan fingerprint density at radius 2 is 0.690 bits per heavy atom. The molecule has 42 heavy (non-hydrogen) atoms. The summed E-state index contributed by atoms with van der Waals surface area (Å²) in [4.78, 5) is 13.5. The standard InChI is InChI=1S/C39H75NO2/c1-3-5-7-9-11-13-15-17-19-21-23-25-27-29-31-33-35-37-40(38-39(41)42)36-34-32-30-28-26-24-22-20-18-16-14-12-10-8-6-4-2/h17-20H,3-16,21-38H2,1-2H3,(H,41,42)/b19-17-,20-18-. The molecule has 0 fully saturated rings. The van der Waals surface area contributed by atoms with Crippen molar-refractivity contribution < 1.29 is 9.90 Å². The molecule has 0 unspecified atom stereocenters. The highest BCUT2D eigenvalue weighted by molar-refractivity contribution is 5.69. The van der Waals surface area contributed by atoms with E-state index in [4.69, 9.17) is 0 Å². The topological polar surface area (TPSA) is 40.5 Å². The van der Waals surface area contributed by atoms with E-state index < -0.39 is 5.97 Å². The number of hydrogen-bond donors (Lipinski definition) is 1. The van der Waals surface area contributed by atoms with Gasteiger partial charge in [-0.05, 0) is 77.3 Å². The van der Waals surface area contributed by atoms with Crippen LogP contribution >= 0.6 is 0 Å². The third-order valence-corrected chi connectivity index (χ3v) is 8.58. The van der Waals surface area contributed by atoms with Gasteiger partial charge in [0.15, 0.2) is 0 Å². The third kappa shape index (κ3) is 35.1. The van der Waals surface area contributed by atoms with Crippen LogP contribution in [0.2, 0.25) is 0 Å². The van der Waals surface area contributed by atoms with Crippen molar-refractivity contribution in [1.82, 2.24) is 4.90 Å². The zero-order valence-electron chi connectivity index (χ0n) is 28.7. The van der Waals surface area contributed by atoms with Crippen molar-refractivity contribution in [3.05, 3.63) is 24.3 Å². The Kier molecular flexibility index (Phi) is 35.2. The molecule has 0 bridgehead atoms. The number of rotatable bonds is 35. The van der Waals surface area contributed by atoms with E-state index >= 15 is 0 Å². The Labute approximate surface area is 264 Å². The second-order valence-electron chi connectivity index (χ2n) is 12.9. The van der Waals surface area contributed by atoms with Crippen LogP contribution in [0.3, 0.4) is 0 Å². The highest BCUT2D eigenvalue weighted by atomic mass is 16.4.